The standard InChI is InChI=1S/C18H25FN2O3/c1-12(14-7-9-15(19)10-8-14)20-17(22)13(2)24-18(23)16-6-4-5-11-21(16)3/h7-10,12-13,16H,4-6,11H2,1-3H3,(H,20,22). The van der Waals surface area contributed by atoms with Crippen molar-refractivity contribution < 1.29 is 18.7 Å². The molecule has 0 saturated carbocycles. The number of carbonyl (C=O) groups is 2. The monoisotopic (exact) mass is 336 g/mol. The van der Waals surface area contributed by atoms with Gasteiger partial charge in [-0.25, -0.2) is 4.39 Å². The van der Waals surface area contributed by atoms with E-state index in [1.165, 1.54) is 12.1 Å². The molecule has 1 aliphatic rings. The summed E-state index contributed by atoms with van der Waals surface area (Å²) in [4.78, 5) is 26.4. The van der Waals surface area contributed by atoms with Crippen molar-refractivity contribution in [1.82, 2.24) is 10.2 Å². The van der Waals surface area contributed by atoms with Gasteiger partial charge in [-0.2, -0.15) is 0 Å². The molecular formula is C18H25FN2O3. The fourth-order valence-electron chi connectivity index (χ4n) is 2.84. The van der Waals surface area contributed by atoms with Crippen LogP contribution in [0.15, 0.2) is 24.3 Å². The number of benzene rings is 1. The molecule has 1 aliphatic heterocycles. The fourth-order valence-corrected chi connectivity index (χ4v) is 2.84. The molecule has 0 aliphatic carbocycles. The Labute approximate surface area is 142 Å². The van der Waals surface area contributed by atoms with Crippen molar-refractivity contribution in [2.75, 3.05) is 13.6 Å². The predicted molar refractivity (Wildman–Crippen MR) is 88.8 cm³/mol. The van der Waals surface area contributed by atoms with Gasteiger partial charge < -0.3 is 10.1 Å². The summed E-state index contributed by atoms with van der Waals surface area (Å²) in [6.07, 6.45) is 1.96. The number of nitrogens with one attached hydrogen (secondary N) is 1. The molecule has 0 aromatic heterocycles. The first-order valence-electron chi connectivity index (χ1n) is 8.35. The Morgan fingerprint density at radius 2 is 1.92 bits per heavy atom. The molecule has 1 aromatic carbocycles. The number of likely N-dealkylation sites (N-methyl/N-ethyl adjacent to an activating group) is 1. The maximum atomic E-state index is 12.9. The number of esters is 1. The molecule has 0 bridgehead atoms. The van der Waals surface area contributed by atoms with Gasteiger partial charge in [0.15, 0.2) is 6.10 Å². The second kappa shape index (κ2) is 8.24. The van der Waals surface area contributed by atoms with E-state index in [2.05, 4.69) is 5.32 Å². The van der Waals surface area contributed by atoms with Crippen LogP contribution in [0.2, 0.25) is 0 Å². The summed E-state index contributed by atoms with van der Waals surface area (Å²) in [5, 5.41) is 2.78. The molecule has 24 heavy (non-hydrogen) atoms. The average molecular weight is 336 g/mol. The van der Waals surface area contributed by atoms with Crippen molar-refractivity contribution in [2.45, 2.75) is 51.3 Å². The van der Waals surface area contributed by atoms with E-state index in [9.17, 15) is 14.0 Å². The third-order valence-electron chi connectivity index (χ3n) is 4.43. The van der Waals surface area contributed by atoms with E-state index in [4.69, 9.17) is 4.74 Å². The molecule has 6 heteroatoms. The smallest absolute Gasteiger partial charge is 0.324 e. The molecule has 1 aromatic rings. The summed E-state index contributed by atoms with van der Waals surface area (Å²) in [7, 11) is 1.90. The zero-order chi connectivity index (χ0) is 17.7. The maximum Gasteiger partial charge on any atom is 0.324 e. The molecule has 2 rings (SSSR count). The van der Waals surface area contributed by atoms with E-state index in [-0.39, 0.29) is 29.8 Å². The number of likely N-dealkylation sites (tertiary alicyclic amines) is 1. The Hall–Kier alpha value is -1.95. The van der Waals surface area contributed by atoms with Crippen molar-refractivity contribution in [3.63, 3.8) is 0 Å². The number of hydrogen-bond donors (Lipinski definition) is 1. The third kappa shape index (κ3) is 4.77. The zero-order valence-electron chi connectivity index (χ0n) is 14.4. The van der Waals surface area contributed by atoms with E-state index < -0.39 is 6.10 Å². The molecule has 5 nitrogen and oxygen atoms in total. The van der Waals surface area contributed by atoms with Crippen molar-refractivity contribution in [3.05, 3.63) is 35.6 Å². The minimum atomic E-state index is -0.865. The molecule has 0 radical (unpaired) electrons. The zero-order valence-corrected chi connectivity index (χ0v) is 14.4. The van der Waals surface area contributed by atoms with Crippen LogP contribution >= 0.6 is 0 Å². The molecule has 1 heterocycles. The molecule has 1 saturated heterocycles. The van der Waals surface area contributed by atoms with Crippen LogP contribution in [0.1, 0.15) is 44.7 Å². The largest absolute Gasteiger partial charge is 0.451 e. The highest BCUT2D eigenvalue weighted by Gasteiger charge is 2.30. The molecule has 3 atom stereocenters. The van der Waals surface area contributed by atoms with Gasteiger partial charge in [-0.05, 0) is 58.0 Å². The lowest BCUT2D eigenvalue weighted by Gasteiger charge is -2.31. The Balaban J connectivity index is 1.87. The highest BCUT2D eigenvalue weighted by Crippen LogP contribution is 2.17. The van der Waals surface area contributed by atoms with Crippen LogP contribution < -0.4 is 5.32 Å². The number of rotatable bonds is 5. The highest BCUT2D eigenvalue weighted by molar-refractivity contribution is 5.85. The SMILES string of the molecule is CC(OC(=O)C1CCCCN1C)C(=O)NC(C)c1ccc(F)cc1. The molecule has 132 valence electrons. The summed E-state index contributed by atoms with van der Waals surface area (Å²) >= 11 is 0. The van der Waals surface area contributed by atoms with Crippen LogP contribution in [0.3, 0.4) is 0 Å². The quantitative estimate of drug-likeness (QED) is 0.839. The normalized spacial score (nSPS) is 20.9. The van der Waals surface area contributed by atoms with Crippen LogP contribution in [0, 0.1) is 5.82 Å². The third-order valence-corrected chi connectivity index (χ3v) is 4.43. The number of piperidine rings is 1. The van der Waals surface area contributed by atoms with E-state index in [1.807, 2.05) is 11.9 Å². The van der Waals surface area contributed by atoms with Crippen LogP contribution in [-0.2, 0) is 14.3 Å². The molecule has 3 unspecified atom stereocenters. The molecule has 1 fully saturated rings. The maximum absolute atomic E-state index is 12.9. The number of nitrogens with zero attached hydrogens (tertiary/aromatic N) is 1. The minimum Gasteiger partial charge on any atom is -0.451 e. The Bertz CT molecular complexity index is 576. The molecule has 0 spiro atoms. The predicted octanol–water partition coefficient (Wildman–Crippen LogP) is 2.42. The average Bonchev–Trinajstić information content (AvgIpc) is 2.55. The number of amides is 1. The number of halogens is 1. The van der Waals surface area contributed by atoms with Crippen molar-refractivity contribution in [3.8, 4) is 0 Å². The lowest BCUT2D eigenvalue weighted by Crippen LogP contribution is -2.46. The summed E-state index contributed by atoms with van der Waals surface area (Å²) in [6.45, 7) is 4.23. The number of hydrogen-bond acceptors (Lipinski definition) is 4. The second-order valence-corrected chi connectivity index (χ2v) is 6.35. The fraction of sp³-hybridized carbons (Fsp3) is 0.556. The Morgan fingerprint density at radius 3 is 2.54 bits per heavy atom. The lowest BCUT2D eigenvalue weighted by atomic mass is 10.0. The summed E-state index contributed by atoms with van der Waals surface area (Å²) < 4.78 is 18.3. The van der Waals surface area contributed by atoms with E-state index in [1.54, 1.807) is 26.0 Å². The van der Waals surface area contributed by atoms with Crippen LogP contribution in [0.5, 0.6) is 0 Å². The lowest BCUT2D eigenvalue weighted by molar-refractivity contribution is -0.160. The highest BCUT2D eigenvalue weighted by atomic mass is 19.1. The van der Waals surface area contributed by atoms with Gasteiger partial charge in [0.2, 0.25) is 0 Å². The topological polar surface area (TPSA) is 58.6 Å². The first kappa shape index (κ1) is 18.4. The Kier molecular flexibility index (Phi) is 6.31. The van der Waals surface area contributed by atoms with Crippen LogP contribution in [0.25, 0.3) is 0 Å². The summed E-state index contributed by atoms with van der Waals surface area (Å²) in [5.41, 5.74) is 0.787. The van der Waals surface area contributed by atoms with Gasteiger partial charge in [-0.3, -0.25) is 14.5 Å². The van der Waals surface area contributed by atoms with E-state index in [0.29, 0.717) is 0 Å². The first-order valence-corrected chi connectivity index (χ1v) is 8.35. The summed E-state index contributed by atoms with van der Waals surface area (Å²) in [5.74, 6) is -1.04. The number of carbonyl (C=O) groups excluding carboxylic acids is 2. The molecule has 1 N–H and O–H groups in total. The van der Waals surface area contributed by atoms with E-state index >= 15 is 0 Å². The Morgan fingerprint density at radius 1 is 1.25 bits per heavy atom. The van der Waals surface area contributed by atoms with Crippen molar-refractivity contribution in [2.24, 2.45) is 0 Å². The first-order chi connectivity index (χ1) is 11.4. The van der Waals surface area contributed by atoms with Gasteiger partial charge in [0, 0.05) is 0 Å². The van der Waals surface area contributed by atoms with Gasteiger partial charge in [-0.15, -0.1) is 0 Å². The van der Waals surface area contributed by atoms with Gasteiger partial charge in [0.1, 0.15) is 11.9 Å². The van der Waals surface area contributed by atoms with Crippen molar-refractivity contribution in [1.29, 1.82) is 0 Å². The van der Waals surface area contributed by atoms with Gasteiger partial charge in [-0.1, -0.05) is 18.6 Å². The minimum absolute atomic E-state index is 0.275. The van der Waals surface area contributed by atoms with Gasteiger partial charge >= 0.3 is 5.97 Å². The molecular weight excluding hydrogens is 311 g/mol. The van der Waals surface area contributed by atoms with Gasteiger partial charge in [0.05, 0.1) is 6.04 Å². The van der Waals surface area contributed by atoms with Crippen LogP contribution in [0.4, 0.5) is 4.39 Å². The molecule has 1 amide bonds. The van der Waals surface area contributed by atoms with E-state index in [0.717, 1.165) is 31.4 Å². The number of ether oxygens (including phenoxy) is 1. The van der Waals surface area contributed by atoms with Crippen molar-refractivity contribution >= 4 is 11.9 Å². The van der Waals surface area contributed by atoms with Crippen LogP contribution in [-0.4, -0.2) is 42.5 Å². The second-order valence-electron chi connectivity index (χ2n) is 6.35. The van der Waals surface area contributed by atoms with Gasteiger partial charge in [0.25, 0.3) is 5.91 Å². The summed E-state index contributed by atoms with van der Waals surface area (Å²) in [6, 6.07) is 5.36.